The van der Waals surface area contributed by atoms with Crippen LogP contribution in [-0.2, 0) is 17.4 Å². The van der Waals surface area contributed by atoms with Gasteiger partial charge in [0.05, 0.1) is 15.5 Å². The maximum atomic E-state index is 12.9. The lowest BCUT2D eigenvalue weighted by atomic mass is 9.84. The molecule has 3 nitrogen and oxygen atoms in total. The molecule has 0 aromatic heterocycles. The predicted molar refractivity (Wildman–Crippen MR) is 65.9 cm³/mol. The first-order chi connectivity index (χ1) is 8.45. The van der Waals surface area contributed by atoms with Crippen molar-refractivity contribution in [1.82, 2.24) is 0 Å². The molecule has 106 valence electrons. The van der Waals surface area contributed by atoms with Crippen molar-refractivity contribution < 1.29 is 28.2 Å². The minimum atomic E-state index is -4.65. The molecule has 1 rings (SSSR count). The van der Waals surface area contributed by atoms with E-state index in [4.69, 9.17) is 5.11 Å². The molecule has 0 amide bonds. The molecule has 1 aromatic rings. The molecule has 0 unspecified atom stereocenters. The first-order valence-corrected chi connectivity index (χ1v) is 6.06. The van der Waals surface area contributed by atoms with Crippen molar-refractivity contribution in [2.45, 2.75) is 26.4 Å². The highest BCUT2D eigenvalue weighted by atomic mass is 79.9. The van der Waals surface area contributed by atoms with Gasteiger partial charge in [0.15, 0.2) is 0 Å². The molecule has 0 saturated heterocycles. The van der Waals surface area contributed by atoms with E-state index in [1.54, 1.807) is 0 Å². The van der Waals surface area contributed by atoms with Crippen molar-refractivity contribution in [1.29, 1.82) is 0 Å². The average molecular weight is 341 g/mol. The molecule has 0 spiro atoms. The van der Waals surface area contributed by atoms with Gasteiger partial charge in [-0.2, -0.15) is 13.2 Å². The third-order valence-electron chi connectivity index (χ3n) is 2.69. The van der Waals surface area contributed by atoms with Crippen molar-refractivity contribution >= 4 is 21.9 Å². The zero-order valence-corrected chi connectivity index (χ0v) is 11.8. The fourth-order valence-corrected chi connectivity index (χ4v) is 1.96. The third-order valence-corrected chi connectivity index (χ3v) is 3.32. The molecule has 19 heavy (non-hydrogen) atoms. The van der Waals surface area contributed by atoms with E-state index in [0.717, 1.165) is 6.07 Å². The summed E-state index contributed by atoms with van der Waals surface area (Å²) >= 11 is 2.93. The van der Waals surface area contributed by atoms with Crippen LogP contribution in [0.1, 0.15) is 25.0 Å². The predicted octanol–water partition coefficient (Wildman–Crippen LogP) is 3.83. The highest BCUT2D eigenvalue weighted by molar-refractivity contribution is 9.10. The molecular weight excluding hydrogens is 329 g/mol. The normalized spacial score (nSPS) is 12.5. The quantitative estimate of drug-likeness (QED) is 0.879. The highest BCUT2D eigenvalue weighted by Gasteiger charge is 2.37. The first kappa shape index (κ1) is 15.8. The van der Waals surface area contributed by atoms with Crippen molar-refractivity contribution in [2.24, 2.45) is 5.41 Å². The van der Waals surface area contributed by atoms with Crippen molar-refractivity contribution in [2.75, 3.05) is 0 Å². The van der Waals surface area contributed by atoms with Crippen LogP contribution in [0.15, 0.2) is 16.6 Å². The minimum absolute atomic E-state index is 0.0942. The molecule has 7 heteroatoms. The Hall–Kier alpha value is -1.24. The van der Waals surface area contributed by atoms with Crippen LogP contribution < -0.4 is 0 Å². The van der Waals surface area contributed by atoms with Gasteiger partial charge in [0.25, 0.3) is 0 Å². The molecule has 0 aliphatic carbocycles. The summed E-state index contributed by atoms with van der Waals surface area (Å²) in [5, 5.41) is 18.3. The van der Waals surface area contributed by atoms with Crippen LogP contribution in [0.5, 0.6) is 5.75 Å². The van der Waals surface area contributed by atoms with Gasteiger partial charge in [-0.1, -0.05) is 0 Å². The lowest BCUT2D eigenvalue weighted by molar-refractivity contribution is -0.148. The Morgan fingerprint density at radius 2 is 1.84 bits per heavy atom. The largest absolute Gasteiger partial charge is 0.507 e. The first-order valence-electron chi connectivity index (χ1n) is 5.27. The summed E-state index contributed by atoms with van der Waals surface area (Å²) in [6.07, 6.45) is -4.95. The van der Waals surface area contributed by atoms with Gasteiger partial charge >= 0.3 is 12.1 Å². The smallest absolute Gasteiger partial charge is 0.416 e. The Morgan fingerprint density at radius 1 is 1.32 bits per heavy atom. The number of carbonyl (C=O) groups is 1. The van der Waals surface area contributed by atoms with Gasteiger partial charge in [0.2, 0.25) is 0 Å². The van der Waals surface area contributed by atoms with Crippen LogP contribution in [0.25, 0.3) is 0 Å². The molecule has 0 aliphatic heterocycles. The van der Waals surface area contributed by atoms with Crippen LogP contribution in [0, 0.1) is 5.41 Å². The zero-order valence-electron chi connectivity index (χ0n) is 10.2. The van der Waals surface area contributed by atoms with Crippen LogP contribution in [-0.4, -0.2) is 16.2 Å². The number of hydrogen-bond acceptors (Lipinski definition) is 2. The zero-order chi connectivity index (χ0) is 15.0. The Balaban J connectivity index is 3.34. The monoisotopic (exact) mass is 340 g/mol. The number of aromatic hydroxyl groups is 1. The van der Waals surface area contributed by atoms with E-state index in [-0.39, 0.29) is 16.5 Å². The molecule has 2 N–H and O–H groups in total. The molecular formula is C12H12BrF3O3. The van der Waals surface area contributed by atoms with Crippen molar-refractivity contribution in [3.05, 3.63) is 27.7 Å². The van der Waals surface area contributed by atoms with E-state index < -0.39 is 28.9 Å². The summed E-state index contributed by atoms with van der Waals surface area (Å²) in [5.41, 5.74) is -2.54. The van der Waals surface area contributed by atoms with Crippen LogP contribution in [0.4, 0.5) is 13.2 Å². The molecule has 0 saturated carbocycles. The number of carboxylic acids is 1. The van der Waals surface area contributed by atoms with Gasteiger partial charge in [0.1, 0.15) is 5.75 Å². The topological polar surface area (TPSA) is 57.5 Å². The van der Waals surface area contributed by atoms with E-state index in [0.29, 0.717) is 6.07 Å². The van der Waals surface area contributed by atoms with Crippen molar-refractivity contribution in [3.8, 4) is 5.75 Å². The summed E-state index contributed by atoms with van der Waals surface area (Å²) < 4.78 is 38.7. The van der Waals surface area contributed by atoms with E-state index in [2.05, 4.69) is 15.9 Å². The SMILES string of the molecule is CC(C)(Cc1cc(Br)c(O)cc1C(F)(F)F)C(=O)O. The summed E-state index contributed by atoms with van der Waals surface area (Å²) in [6, 6.07) is 1.69. The molecule has 1 aromatic carbocycles. The van der Waals surface area contributed by atoms with Crippen LogP contribution >= 0.6 is 15.9 Å². The van der Waals surface area contributed by atoms with Crippen molar-refractivity contribution in [3.63, 3.8) is 0 Å². The molecule has 0 bridgehead atoms. The molecule has 0 radical (unpaired) electrons. The maximum absolute atomic E-state index is 12.9. The van der Waals surface area contributed by atoms with Gasteiger partial charge in [-0.25, -0.2) is 0 Å². The number of phenolic OH excluding ortho intramolecular Hbond substituents is 1. The van der Waals surface area contributed by atoms with E-state index >= 15 is 0 Å². The molecule has 0 atom stereocenters. The lowest BCUT2D eigenvalue weighted by Gasteiger charge is -2.22. The Kier molecular flexibility index (Phi) is 4.19. The number of alkyl halides is 3. The second kappa shape index (κ2) is 5.03. The van der Waals surface area contributed by atoms with Gasteiger partial charge in [0, 0.05) is 0 Å². The summed E-state index contributed by atoms with van der Waals surface area (Å²) in [4.78, 5) is 11.0. The number of rotatable bonds is 3. The standard InChI is InChI=1S/C12H12BrF3O3/c1-11(2,10(18)19)5-6-3-8(13)9(17)4-7(6)12(14,15)16/h3-4,17H,5H2,1-2H3,(H,18,19). The number of carboxylic acid groups (broad SMARTS) is 1. The van der Waals surface area contributed by atoms with E-state index in [1.807, 2.05) is 0 Å². The number of halogens is 4. The minimum Gasteiger partial charge on any atom is -0.507 e. The van der Waals surface area contributed by atoms with Gasteiger partial charge in [-0.05, 0) is 53.9 Å². The van der Waals surface area contributed by atoms with E-state index in [1.165, 1.54) is 13.8 Å². The average Bonchev–Trinajstić information content (AvgIpc) is 2.20. The molecule has 0 heterocycles. The highest BCUT2D eigenvalue weighted by Crippen LogP contribution is 2.39. The second-order valence-corrected chi connectivity index (χ2v) is 5.68. The van der Waals surface area contributed by atoms with Gasteiger partial charge in [-0.3, -0.25) is 4.79 Å². The summed E-state index contributed by atoms with van der Waals surface area (Å²) in [5.74, 6) is -1.73. The Labute approximate surface area is 116 Å². The van der Waals surface area contributed by atoms with Gasteiger partial charge in [-0.15, -0.1) is 0 Å². The summed E-state index contributed by atoms with van der Waals surface area (Å²) in [7, 11) is 0. The van der Waals surface area contributed by atoms with Crippen LogP contribution in [0.3, 0.4) is 0 Å². The Morgan fingerprint density at radius 3 is 2.26 bits per heavy atom. The lowest BCUT2D eigenvalue weighted by Crippen LogP contribution is -2.27. The summed E-state index contributed by atoms with van der Waals surface area (Å²) in [6.45, 7) is 2.69. The van der Waals surface area contributed by atoms with Crippen LogP contribution in [0.2, 0.25) is 0 Å². The Bertz CT molecular complexity index is 510. The van der Waals surface area contributed by atoms with E-state index in [9.17, 15) is 23.1 Å². The fourth-order valence-electron chi connectivity index (χ4n) is 1.56. The second-order valence-electron chi connectivity index (χ2n) is 4.82. The third kappa shape index (κ3) is 3.62. The number of benzene rings is 1. The maximum Gasteiger partial charge on any atom is 0.416 e. The number of phenols is 1. The number of aliphatic carboxylic acids is 1. The number of hydrogen-bond donors (Lipinski definition) is 2. The van der Waals surface area contributed by atoms with Gasteiger partial charge < -0.3 is 10.2 Å². The fraction of sp³-hybridized carbons (Fsp3) is 0.417. The molecule has 0 fully saturated rings. The molecule has 0 aliphatic rings.